The summed E-state index contributed by atoms with van der Waals surface area (Å²) in [6.45, 7) is 0. The monoisotopic (exact) mass is 174 g/mol. The Morgan fingerprint density at radius 1 is 1.45 bits per heavy atom. The minimum absolute atomic E-state index is 0.779. The molecule has 4 nitrogen and oxygen atoms in total. The van der Waals surface area contributed by atoms with Crippen LogP contribution in [0.25, 0.3) is 0 Å². The molecule has 64 valence electrons. The van der Waals surface area contributed by atoms with Crippen molar-refractivity contribution < 1.29 is 27.5 Å². The van der Waals surface area contributed by atoms with Crippen molar-refractivity contribution in [3.05, 3.63) is 0 Å². The molecule has 0 aliphatic heterocycles. The zero-order valence-corrected chi connectivity index (χ0v) is 4.81. The molecule has 0 radical (unpaired) electrons. The maximum Gasteiger partial charge on any atom is 0.506 e. The molecule has 0 aliphatic carbocycles. The van der Waals surface area contributed by atoms with Crippen molar-refractivity contribution in [2.45, 2.75) is 6.30 Å². The topological polar surface area (TPSA) is 61.7 Å². The minimum atomic E-state index is -5.10. The van der Waals surface area contributed by atoms with E-state index in [1.165, 1.54) is 4.99 Å². The predicted molar refractivity (Wildman–Crippen MR) is 25.8 cm³/mol. The summed E-state index contributed by atoms with van der Waals surface area (Å²) in [6.07, 6.45) is -9.26. The summed E-state index contributed by atoms with van der Waals surface area (Å²) in [7, 11) is 0. The first-order chi connectivity index (χ1) is 4.81. The Bertz CT molecular complexity index is 186. The average molecular weight is 174 g/mol. The summed E-state index contributed by atoms with van der Waals surface area (Å²) >= 11 is 0. The van der Waals surface area contributed by atoms with Crippen LogP contribution in [0, 0.1) is 0 Å². The van der Waals surface area contributed by atoms with Crippen molar-refractivity contribution in [1.29, 1.82) is 0 Å². The van der Waals surface area contributed by atoms with Crippen molar-refractivity contribution in [2.24, 2.45) is 4.99 Å². The highest BCUT2D eigenvalue weighted by atomic mass is 19.4. The standard InChI is InChI=1S/C3H2F4N2O2/c4-1(8-2(10)11)9-3(5,6)7/h(H,8,9)(H,10,11). The van der Waals surface area contributed by atoms with Gasteiger partial charge in [0.2, 0.25) is 0 Å². The van der Waals surface area contributed by atoms with Crippen molar-refractivity contribution in [3.63, 3.8) is 0 Å². The van der Waals surface area contributed by atoms with Crippen LogP contribution < -0.4 is 5.32 Å². The molecule has 0 rings (SSSR count). The molecule has 0 heterocycles. The number of nitrogens with one attached hydrogen (secondary N) is 1. The third-order valence-corrected chi connectivity index (χ3v) is 0.435. The van der Waals surface area contributed by atoms with Gasteiger partial charge in [0, 0.05) is 0 Å². The number of alkyl halides is 3. The van der Waals surface area contributed by atoms with Crippen molar-refractivity contribution in [2.75, 3.05) is 0 Å². The first-order valence-corrected chi connectivity index (χ1v) is 2.13. The van der Waals surface area contributed by atoms with Gasteiger partial charge in [-0.05, 0) is 0 Å². The summed E-state index contributed by atoms with van der Waals surface area (Å²) in [5.41, 5.74) is 0. The number of aliphatic imine (C=N–C) groups is 1. The van der Waals surface area contributed by atoms with Gasteiger partial charge in [-0.25, -0.2) is 4.79 Å². The zero-order chi connectivity index (χ0) is 9.07. The number of carboxylic acid groups (broad SMARTS) is 1. The van der Waals surface area contributed by atoms with Crippen LogP contribution in [0.5, 0.6) is 0 Å². The lowest BCUT2D eigenvalue weighted by Crippen LogP contribution is -2.27. The number of halogens is 4. The van der Waals surface area contributed by atoms with Crippen molar-refractivity contribution in [1.82, 2.24) is 5.32 Å². The normalized spacial score (nSPS) is 12.9. The molecule has 0 fully saturated rings. The summed E-state index contributed by atoms with van der Waals surface area (Å²) in [5.74, 6) is 0. The SMILES string of the molecule is O=C(O)NC(F)=NC(F)(F)F. The van der Waals surface area contributed by atoms with Gasteiger partial charge < -0.3 is 5.11 Å². The summed E-state index contributed by atoms with van der Waals surface area (Å²) < 4.78 is 45.0. The fourth-order valence-corrected chi connectivity index (χ4v) is 0.227. The van der Waals surface area contributed by atoms with Crippen LogP contribution in [0.15, 0.2) is 4.99 Å². The smallest absolute Gasteiger partial charge is 0.465 e. The molecule has 1 amide bonds. The maximum atomic E-state index is 11.7. The molecular weight excluding hydrogens is 172 g/mol. The molecule has 0 spiro atoms. The van der Waals surface area contributed by atoms with Crippen LogP contribution in [0.2, 0.25) is 0 Å². The fourth-order valence-electron chi connectivity index (χ4n) is 0.227. The maximum absolute atomic E-state index is 11.7. The average Bonchev–Trinajstić information content (AvgIpc) is 1.53. The Hall–Kier alpha value is -1.34. The molecule has 0 aromatic rings. The Kier molecular flexibility index (Phi) is 2.78. The van der Waals surface area contributed by atoms with E-state index in [1.54, 1.807) is 0 Å². The Balaban J connectivity index is 4.12. The minimum Gasteiger partial charge on any atom is -0.465 e. The molecule has 0 bridgehead atoms. The summed E-state index contributed by atoms with van der Waals surface area (Å²) in [4.78, 5) is 10.9. The van der Waals surface area contributed by atoms with E-state index in [0.717, 1.165) is 5.32 Å². The van der Waals surface area contributed by atoms with E-state index < -0.39 is 18.5 Å². The molecule has 0 aromatic heterocycles. The molecule has 0 saturated carbocycles. The Morgan fingerprint density at radius 3 is 2.18 bits per heavy atom. The van der Waals surface area contributed by atoms with E-state index in [9.17, 15) is 22.4 Å². The Labute approximate surface area is 57.5 Å². The highest BCUT2D eigenvalue weighted by Crippen LogP contribution is 2.15. The lowest BCUT2D eigenvalue weighted by atomic mass is 11.0. The fraction of sp³-hybridized carbons (Fsp3) is 0.333. The van der Waals surface area contributed by atoms with E-state index in [0.29, 0.717) is 0 Å². The van der Waals surface area contributed by atoms with Gasteiger partial charge in [0.1, 0.15) is 0 Å². The molecule has 0 saturated heterocycles. The first-order valence-electron chi connectivity index (χ1n) is 2.13. The van der Waals surface area contributed by atoms with Crippen molar-refractivity contribution in [3.8, 4) is 0 Å². The second-order valence-electron chi connectivity index (χ2n) is 1.30. The van der Waals surface area contributed by atoms with E-state index in [4.69, 9.17) is 5.11 Å². The molecule has 0 aromatic carbocycles. The molecular formula is C3H2F4N2O2. The van der Waals surface area contributed by atoms with Crippen LogP contribution in [-0.2, 0) is 0 Å². The van der Waals surface area contributed by atoms with Gasteiger partial charge in [-0.1, -0.05) is 0 Å². The molecule has 11 heavy (non-hydrogen) atoms. The van der Waals surface area contributed by atoms with Gasteiger partial charge >= 0.3 is 12.4 Å². The summed E-state index contributed by atoms with van der Waals surface area (Å²) in [5, 5.41) is 8.46. The van der Waals surface area contributed by atoms with Gasteiger partial charge in [-0.2, -0.15) is 4.39 Å². The van der Waals surface area contributed by atoms with Crippen LogP contribution in [0.3, 0.4) is 0 Å². The van der Waals surface area contributed by atoms with Gasteiger partial charge in [-0.15, -0.1) is 18.2 Å². The second-order valence-corrected chi connectivity index (χ2v) is 1.30. The van der Waals surface area contributed by atoms with Crippen LogP contribution in [0.1, 0.15) is 0 Å². The number of amides is 1. The summed E-state index contributed by atoms with van der Waals surface area (Å²) in [6, 6.07) is 0. The highest BCUT2D eigenvalue weighted by Gasteiger charge is 2.27. The van der Waals surface area contributed by atoms with Gasteiger partial charge in [0.15, 0.2) is 0 Å². The van der Waals surface area contributed by atoms with Gasteiger partial charge in [0.25, 0.3) is 6.09 Å². The predicted octanol–water partition coefficient (Wildman–Crippen LogP) is 1.10. The second kappa shape index (κ2) is 3.17. The first kappa shape index (κ1) is 9.66. The third kappa shape index (κ3) is 6.55. The quantitative estimate of drug-likeness (QED) is 0.250. The Morgan fingerprint density at radius 2 is 1.91 bits per heavy atom. The number of carbonyl (C=O) groups is 1. The third-order valence-electron chi connectivity index (χ3n) is 0.435. The largest absolute Gasteiger partial charge is 0.506 e. The molecule has 8 heteroatoms. The number of hydrogen-bond donors (Lipinski definition) is 2. The van der Waals surface area contributed by atoms with Gasteiger partial charge in [-0.3, -0.25) is 5.32 Å². The molecule has 0 atom stereocenters. The number of rotatable bonds is 0. The van der Waals surface area contributed by atoms with E-state index in [-0.39, 0.29) is 0 Å². The van der Waals surface area contributed by atoms with Crippen LogP contribution >= 0.6 is 0 Å². The molecule has 2 N–H and O–H groups in total. The number of amidine groups is 1. The zero-order valence-electron chi connectivity index (χ0n) is 4.81. The van der Waals surface area contributed by atoms with Crippen LogP contribution in [0.4, 0.5) is 22.4 Å². The lowest BCUT2D eigenvalue weighted by Gasteiger charge is -1.98. The van der Waals surface area contributed by atoms with Crippen LogP contribution in [-0.4, -0.2) is 23.6 Å². The lowest BCUT2D eigenvalue weighted by molar-refractivity contribution is -0.120. The molecule has 0 aliphatic rings. The number of nitrogens with zero attached hydrogens (tertiary/aromatic N) is 1. The van der Waals surface area contributed by atoms with E-state index in [1.807, 2.05) is 0 Å². The van der Waals surface area contributed by atoms with Gasteiger partial charge in [0.05, 0.1) is 0 Å². The highest BCUT2D eigenvalue weighted by molar-refractivity contribution is 5.88. The van der Waals surface area contributed by atoms with E-state index >= 15 is 0 Å². The number of hydrogen-bond acceptors (Lipinski definition) is 2. The van der Waals surface area contributed by atoms with E-state index in [2.05, 4.69) is 0 Å². The molecule has 0 unspecified atom stereocenters. The van der Waals surface area contributed by atoms with Crippen molar-refractivity contribution >= 4 is 12.2 Å².